The summed E-state index contributed by atoms with van der Waals surface area (Å²) in [5.41, 5.74) is 1.52. The van der Waals surface area contributed by atoms with Gasteiger partial charge in [0, 0.05) is 6.07 Å². The van der Waals surface area contributed by atoms with E-state index in [2.05, 4.69) is 9.97 Å². The topological polar surface area (TPSA) is 48.9 Å². The average Bonchev–Trinajstić information content (AvgIpc) is 2.72. The van der Waals surface area contributed by atoms with Crippen LogP contribution in [0.1, 0.15) is 0 Å². The van der Waals surface area contributed by atoms with Gasteiger partial charge in [-0.2, -0.15) is 0 Å². The number of hydrogen-bond acceptors (Lipinski definition) is 2. The molecule has 0 fully saturated rings. The van der Waals surface area contributed by atoms with Crippen molar-refractivity contribution in [1.82, 2.24) is 9.97 Å². The maximum Gasteiger partial charge on any atom is 0.141 e. The highest BCUT2D eigenvalue weighted by Crippen LogP contribution is 2.30. The monoisotopic (exact) mass is 296 g/mol. The molecule has 0 saturated heterocycles. The molecule has 0 aliphatic rings. The van der Waals surface area contributed by atoms with E-state index in [1.165, 1.54) is 12.1 Å². The highest BCUT2D eigenvalue weighted by atomic mass is 35.5. The molecule has 3 nitrogen and oxygen atoms in total. The van der Waals surface area contributed by atoms with Crippen LogP contribution in [0.4, 0.5) is 4.39 Å². The lowest BCUT2D eigenvalue weighted by Gasteiger charge is -1.99. The van der Waals surface area contributed by atoms with Crippen LogP contribution in [0.2, 0.25) is 10.0 Å². The van der Waals surface area contributed by atoms with Gasteiger partial charge in [0.15, 0.2) is 0 Å². The number of halogens is 3. The first kappa shape index (κ1) is 12.3. The maximum absolute atomic E-state index is 13.8. The second kappa shape index (κ2) is 4.40. The van der Waals surface area contributed by atoms with Gasteiger partial charge in [-0.25, -0.2) is 9.37 Å². The van der Waals surface area contributed by atoms with Crippen molar-refractivity contribution in [1.29, 1.82) is 0 Å². The lowest BCUT2D eigenvalue weighted by molar-refractivity contribution is 0.469. The Morgan fingerprint density at radius 2 is 1.84 bits per heavy atom. The molecule has 0 amide bonds. The number of fused-ring (bicyclic) bond motifs is 1. The number of rotatable bonds is 1. The lowest BCUT2D eigenvalue weighted by atomic mass is 10.2. The van der Waals surface area contributed by atoms with Crippen LogP contribution in [0.25, 0.3) is 22.4 Å². The van der Waals surface area contributed by atoms with Crippen LogP contribution in [0.3, 0.4) is 0 Å². The second-order valence-electron chi connectivity index (χ2n) is 4.03. The molecule has 2 N–H and O–H groups in total. The number of nitrogens with zero attached hydrogens (tertiary/aromatic N) is 1. The quantitative estimate of drug-likeness (QED) is 0.700. The Kier molecular flexibility index (Phi) is 2.84. The van der Waals surface area contributed by atoms with Gasteiger partial charge in [0.25, 0.3) is 0 Å². The van der Waals surface area contributed by atoms with Crippen LogP contribution < -0.4 is 0 Å². The molecule has 6 heteroatoms. The van der Waals surface area contributed by atoms with Gasteiger partial charge in [-0.05, 0) is 24.3 Å². The Balaban J connectivity index is 2.20. The van der Waals surface area contributed by atoms with E-state index < -0.39 is 5.82 Å². The Bertz CT molecular complexity index is 747. The summed E-state index contributed by atoms with van der Waals surface area (Å²) in [5.74, 6) is -0.342. The van der Waals surface area contributed by atoms with Crippen molar-refractivity contribution in [3.8, 4) is 17.1 Å². The highest BCUT2D eigenvalue weighted by molar-refractivity contribution is 6.42. The van der Waals surface area contributed by atoms with Gasteiger partial charge in [-0.15, -0.1) is 0 Å². The van der Waals surface area contributed by atoms with E-state index >= 15 is 0 Å². The average molecular weight is 297 g/mol. The van der Waals surface area contributed by atoms with E-state index in [9.17, 15) is 9.50 Å². The summed E-state index contributed by atoms with van der Waals surface area (Å²) in [6, 6.07) is 7.12. The van der Waals surface area contributed by atoms with Gasteiger partial charge < -0.3 is 10.1 Å². The Labute approximate surface area is 117 Å². The fraction of sp³-hybridized carbons (Fsp3) is 0. The Morgan fingerprint density at radius 3 is 2.58 bits per heavy atom. The third kappa shape index (κ3) is 2.13. The van der Waals surface area contributed by atoms with Gasteiger partial charge in [0.1, 0.15) is 17.4 Å². The summed E-state index contributed by atoms with van der Waals surface area (Å²) in [7, 11) is 0. The van der Waals surface area contributed by atoms with Crippen molar-refractivity contribution in [3.63, 3.8) is 0 Å². The zero-order chi connectivity index (χ0) is 13.6. The molecule has 1 heterocycles. The number of imidazole rings is 1. The third-order valence-electron chi connectivity index (χ3n) is 2.73. The van der Waals surface area contributed by atoms with E-state index in [-0.39, 0.29) is 11.3 Å². The molecule has 1 aromatic heterocycles. The van der Waals surface area contributed by atoms with Gasteiger partial charge in [-0.3, -0.25) is 0 Å². The number of phenols is 1. The molecule has 3 aromatic rings. The molecule has 2 aromatic carbocycles. The molecule has 0 atom stereocenters. The van der Waals surface area contributed by atoms with Crippen LogP contribution in [0.5, 0.6) is 5.75 Å². The Hall–Kier alpha value is -1.78. The summed E-state index contributed by atoms with van der Waals surface area (Å²) in [5, 5.41) is 9.98. The summed E-state index contributed by atoms with van der Waals surface area (Å²) in [6.45, 7) is 0. The van der Waals surface area contributed by atoms with E-state index in [0.717, 1.165) is 6.07 Å². The SMILES string of the molecule is Oc1ccc(-c2nc3cc(Cl)c(Cl)cc3[nH]2)c(F)c1. The van der Waals surface area contributed by atoms with Crippen molar-refractivity contribution >= 4 is 34.2 Å². The van der Waals surface area contributed by atoms with Crippen LogP contribution in [0.15, 0.2) is 30.3 Å². The minimum Gasteiger partial charge on any atom is -0.508 e. The normalized spacial score (nSPS) is 11.1. The smallest absolute Gasteiger partial charge is 0.141 e. The first-order chi connectivity index (χ1) is 9.04. The minimum absolute atomic E-state index is 0.136. The second-order valence-corrected chi connectivity index (χ2v) is 4.85. The standard InChI is InChI=1S/C13H7Cl2FN2O/c14-8-4-11-12(5-9(8)15)18-13(17-11)7-2-1-6(19)3-10(7)16/h1-5,19H,(H,17,18). The summed E-state index contributed by atoms with van der Waals surface area (Å²) >= 11 is 11.8. The van der Waals surface area contributed by atoms with Gasteiger partial charge in [-0.1, -0.05) is 23.2 Å². The van der Waals surface area contributed by atoms with E-state index in [1.54, 1.807) is 12.1 Å². The van der Waals surface area contributed by atoms with Crippen molar-refractivity contribution in [3.05, 3.63) is 46.2 Å². The van der Waals surface area contributed by atoms with Crippen LogP contribution in [-0.4, -0.2) is 15.1 Å². The zero-order valence-electron chi connectivity index (χ0n) is 9.42. The minimum atomic E-state index is -0.559. The third-order valence-corrected chi connectivity index (χ3v) is 3.45. The van der Waals surface area contributed by atoms with E-state index in [1.807, 2.05) is 0 Å². The molecule has 96 valence electrons. The molecule has 0 unspecified atom stereocenters. The van der Waals surface area contributed by atoms with Crippen LogP contribution in [0, 0.1) is 5.82 Å². The first-order valence-electron chi connectivity index (χ1n) is 5.38. The Morgan fingerprint density at radius 1 is 1.11 bits per heavy atom. The molecule has 0 spiro atoms. The summed E-state index contributed by atoms with van der Waals surface area (Å²) in [4.78, 5) is 7.22. The number of phenolic OH excluding ortho intramolecular Hbond substituents is 1. The van der Waals surface area contributed by atoms with Gasteiger partial charge in [0.2, 0.25) is 0 Å². The molecule has 0 aliphatic carbocycles. The van der Waals surface area contributed by atoms with Crippen molar-refractivity contribution < 1.29 is 9.50 Å². The largest absolute Gasteiger partial charge is 0.508 e. The zero-order valence-corrected chi connectivity index (χ0v) is 10.9. The fourth-order valence-electron chi connectivity index (χ4n) is 1.83. The van der Waals surface area contributed by atoms with Crippen LogP contribution in [-0.2, 0) is 0 Å². The molecule has 0 radical (unpaired) electrons. The highest BCUT2D eigenvalue weighted by Gasteiger charge is 2.12. The molecular weight excluding hydrogens is 290 g/mol. The molecular formula is C13H7Cl2FN2O. The van der Waals surface area contributed by atoms with Gasteiger partial charge in [0.05, 0.1) is 26.6 Å². The lowest BCUT2D eigenvalue weighted by Crippen LogP contribution is -1.85. The van der Waals surface area contributed by atoms with Crippen molar-refractivity contribution in [2.24, 2.45) is 0 Å². The number of nitrogens with one attached hydrogen (secondary N) is 1. The number of aromatic hydroxyl groups is 1. The van der Waals surface area contributed by atoms with Crippen molar-refractivity contribution in [2.75, 3.05) is 0 Å². The molecule has 0 aliphatic heterocycles. The summed E-state index contributed by atoms with van der Waals surface area (Å²) < 4.78 is 13.8. The predicted octanol–water partition coefficient (Wildman–Crippen LogP) is 4.38. The number of H-pyrrole nitrogens is 1. The number of aromatic nitrogens is 2. The maximum atomic E-state index is 13.8. The van der Waals surface area contributed by atoms with E-state index in [0.29, 0.717) is 26.9 Å². The molecule has 19 heavy (non-hydrogen) atoms. The predicted molar refractivity (Wildman–Crippen MR) is 73.2 cm³/mol. The summed E-state index contributed by atoms with van der Waals surface area (Å²) in [6.07, 6.45) is 0. The van der Waals surface area contributed by atoms with Crippen LogP contribution >= 0.6 is 23.2 Å². The molecule has 0 saturated carbocycles. The number of benzene rings is 2. The van der Waals surface area contributed by atoms with Crippen molar-refractivity contribution in [2.45, 2.75) is 0 Å². The van der Waals surface area contributed by atoms with Gasteiger partial charge >= 0.3 is 0 Å². The van der Waals surface area contributed by atoms with E-state index in [4.69, 9.17) is 23.2 Å². The first-order valence-corrected chi connectivity index (χ1v) is 6.14. The molecule has 3 rings (SSSR count). The molecule has 0 bridgehead atoms. The fourth-order valence-corrected chi connectivity index (χ4v) is 2.15. The number of aromatic amines is 1. The number of hydrogen-bond donors (Lipinski definition) is 2.